The Kier molecular flexibility index (Phi) is 10.2. The van der Waals surface area contributed by atoms with Crippen LogP contribution >= 0.6 is 35.3 Å². The lowest BCUT2D eigenvalue weighted by molar-refractivity contribution is 0.111. The average molecular weight is 495 g/mol. The minimum Gasteiger partial charge on any atom is -0.453 e. The molecule has 2 rings (SSSR count). The third kappa shape index (κ3) is 6.90. The molecule has 2 N–H and O–H groups in total. The van der Waals surface area contributed by atoms with E-state index in [1.165, 1.54) is 12.0 Å². The van der Waals surface area contributed by atoms with E-state index >= 15 is 0 Å². The number of piperidine rings is 1. The number of nitrogens with one attached hydrogen (secondary N) is 2. The first-order valence-corrected chi connectivity index (χ1v) is 9.65. The summed E-state index contributed by atoms with van der Waals surface area (Å²) in [6, 6.07) is 0.325. The van der Waals surface area contributed by atoms with Crippen molar-refractivity contribution in [3.05, 3.63) is 15.6 Å². The zero-order chi connectivity index (χ0) is 18.2. The summed E-state index contributed by atoms with van der Waals surface area (Å²) in [5, 5.41) is 7.90. The van der Waals surface area contributed by atoms with Gasteiger partial charge in [0, 0.05) is 43.5 Å². The second-order valence-electron chi connectivity index (χ2n) is 6.13. The van der Waals surface area contributed by atoms with Crippen LogP contribution in [0.5, 0.6) is 0 Å². The highest BCUT2D eigenvalue weighted by Crippen LogP contribution is 2.17. The summed E-state index contributed by atoms with van der Waals surface area (Å²) < 4.78 is 4.78. The van der Waals surface area contributed by atoms with Crippen molar-refractivity contribution in [3.63, 3.8) is 0 Å². The summed E-state index contributed by atoms with van der Waals surface area (Å²) in [4.78, 5) is 23.8. The summed E-state index contributed by atoms with van der Waals surface area (Å²) in [5.74, 6) is 0.845. The number of carbonyl (C=O) groups excluding carboxylic acids is 1. The summed E-state index contributed by atoms with van der Waals surface area (Å²) in [6.07, 6.45) is 2.46. The van der Waals surface area contributed by atoms with E-state index in [1.807, 2.05) is 6.92 Å². The lowest BCUT2D eigenvalue weighted by atomic mass is 10.1. The molecule has 0 aliphatic carbocycles. The van der Waals surface area contributed by atoms with Crippen LogP contribution in [0.2, 0.25) is 0 Å². The number of thiazole rings is 1. The quantitative estimate of drug-likeness (QED) is 0.373. The van der Waals surface area contributed by atoms with Gasteiger partial charge in [0.1, 0.15) is 0 Å². The van der Waals surface area contributed by atoms with E-state index in [9.17, 15) is 4.79 Å². The lowest BCUT2D eigenvalue weighted by Crippen LogP contribution is -2.49. The van der Waals surface area contributed by atoms with Crippen molar-refractivity contribution in [2.24, 2.45) is 4.99 Å². The molecule has 0 bridgehead atoms. The van der Waals surface area contributed by atoms with Gasteiger partial charge in [-0.25, -0.2) is 9.78 Å². The molecule has 0 atom stereocenters. The Bertz CT molecular complexity index is 600. The molecule has 1 fully saturated rings. The fraction of sp³-hybridized carbons (Fsp3) is 0.706. The number of nitrogens with zero attached hydrogens (tertiary/aromatic N) is 3. The van der Waals surface area contributed by atoms with E-state index in [0.29, 0.717) is 19.1 Å². The first-order valence-electron chi connectivity index (χ1n) is 8.84. The third-order valence-corrected chi connectivity index (χ3v) is 5.35. The normalized spacial score (nSPS) is 15.4. The number of hydrogen-bond donors (Lipinski definition) is 2. The maximum absolute atomic E-state index is 11.5. The molecule has 1 aliphatic rings. The number of methoxy groups -OCH3 is 1. The lowest BCUT2D eigenvalue weighted by Gasteiger charge is -2.32. The Hall–Kier alpha value is -1.10. The molecule has 1 aromatic rings. The summed E-state index contributed by atoms with van der Waals surface area (Å²) in [7, 11) is 1.43. The number of carbonyl (C=O) groups is 1. The highest BCUT2D eigenvalue weighted by Gasteiger charge is 2.23. The zero-order valence-corrected chi connectivity index (χ0v) is 19.1. The Labute approximate surface area is 177 Å². The van der Waals surface area contributed by atoms with Crippen LogP contribution in [0.15, 0.2) is 4.99 Å². The standard InChI is InChI=1S/C17H29N5O2S.HI/c1-5-18-16(19-9-6-15-12(2)20-13(3)25-15)21-14-7-10-22(11-8-14)17(23)24-4;/h14H,5-11H2,1-4H3,(H2,18,19,21);1H. The topological polar surface area (TPSA) is 78.9 Å². The number of guanidine groups is 1. The third-order valence-electron chi connectivity index (χ3n) is 4.22. The molecule has 1 saturated heterocycles. The van der Waals surface area contributed by atoms with Crippen molar-refractivity contribution in [2.75, 3.05) is 33.3 Å². The molecule has 1 aromatic heterocycles. The smallest absolute Gasteiger partial charge is 0.409 e. The number of rotatable bonds is 5. The van der Waals surface area contributed by atoms with E-state index in [-0.39, 0.29) is 30.1 Å². The second-order valence-corrected chi connectivity index (χ2v) is 7.42. The zero-order valence-electron chi connectivity index (χ0n) is 16.0. The van der Waals surface area contributed by atoms with Crippen molar-refractivity contribution < 1.29 is 9.53 Å². The van der Waals surface area contributed by atoms with Gasteiger partial charge < -0.3 is 20.3 Å². The monoisotopic (exact) mass is 495 g/mol. The van der Waals surface area contributed by atoms with Crippen LogP contribution in [0.4, 0.5) is 4.79 Å². The maximum atomic E-state index is 11.5. The van der Waals surface area contributed by atoms with Crippen LogP contribution in [0.25, 0.3) is 0 Å². The maximum Gasteiger partial charge on any atom is 0.409 e. The van der Waals surface area contributed by atoms with Gasteiger partial charge in [0.15, 0.2) is 5.96 Å². The van der Waals surface area contributed by atoms with Crippen molar-refractivity contribution in [1.29, 1.82) is 0 Å². The van der Waals surface area contributed by atoms with Gasteiger partial charge in [0.2, 0.25) is 0 Å². The number of hydrogen-bond acceptors (Lipinski definition) is 5. The van der Waals surface area contributed by atoms with Crippen LogP contribution in [0, 0.1) is 13.8 Å². The molecule has 1 aliphatic heterocycles. The highest BCUT2D eigenvalue weighted by atomic mass is 127. The number of ether oxygens (including phenoxy) is 1. The Morgan fingerprint density at radius 1 is 1.38 bits per heavy atom. The first kappa shape index (κ1) is 22.9. The summed E-state index contributed by atoms with van der Waals surface area (Å²) in [6.45, 7) is 9.14. The first-order chi connectivity index (χ1) is 12.0. The van der Waals surface area contributed by atoms with Gasteiger partial charge in [-0.05, 0) is 33.6 Å². The van der Waals surface area contributed by atoms with Crippen molar-refractivity contribution in [3.8, 4) is 0 Å². The van der Waals surface area contributed by atoms with E-state index in [0.717, 1.165) is 49.0 Å². The number of halogens is 1. The number of amides is 1. The Balaban J connectivity index is 0.00000338. The Morgan fingerprint density at radius 2 is 2.08 bits per heavy atom. The van der Waals surface area contributed by atoms with Crippen LogP contribution in [-0.4, -0.2) is 61.3 Å². The molecule has 26 heavy (non-hydrogen) atoms. The molecule has 9 heteroatoms. The molecule has 148 valence electrons. The molecule has 0 unspecified atom stereocenters. The van der Waals surface area contributed by atoms with Crippen LogP contribution < -0.4 is 10.6 Å². The summed E-state index contributed by atoms with van der Waals surface area (Å²) in [5.41, 5.74) is 1.12. The molecule has 1 amide bonds. The SMILES string of the molecule is CCNC(=NCCc1sc(C)nc1C)NC1CCN(C(=O)OC)CC1.I. The number of aryl methyl sites for hydroxylation is 2. The van der Waals surface area contributed by atoms with E-state index in [2.05, 4.69) is 29.5 Å². The molecule has 7 nitrogen and oxygen atoms in total. The minimum absolute atomic E-state index is 0. The molecule has 0 spiro atoms. The largest absolute Gasteiger partial charge is 0.453 e. The van der Waals surface area contributed by atoms with Gasteiger partial charge >= 0.3 is 6.09 Å². The molecule has 0 aromatic carbocycles. The van der Waals surface area contributed by atoms with Crippen LogP contribution in [0.1, 0.15) is 35.3 Å². The fourth-order valence-electron chi connectivity index (χ4n) is 2.92. The van der Waals surface area contributed by atoms with Crippen molar-refractivity contribution in [1.82, 2.24) is 20.5 Å². The van der Waals surface area contributed by atoms with Crippen LogP contribution in [-0.2, 0) is 11.2 Å². The van der Waals surface area contributed by atoms with Gasteiger partial charge in [-0.3, -0.25) is 4.99 Å². The molecule has 2 heterocycles. The predicted octanol–water partition coefficient (Wildman–Crippen LogP) is 2.71. The van der Waals surface area contributed by atoms with Crippen molar-refractivity contribution >= 4 is 47.4 Å². The summed E-state index contributed by atoms with van der Waals surface area (Å²) >= 11 is 1.75. The predicted molar refractivity (Wildman–Crippen MR) is 117 cm³/mol. The van der Waals surface area contributed by atoms with E-state index < -0.39 is 0 Å². The van der Waals surface area contributed by atoms with Gasteiger partial charge in [-0.2, -0.15) is 0 Å². The van der Waals surface area contributed by atoms with E-state index in [1.54, 1.807) is 16.2 Å². The highest BCUT2D eigenvalue weighted by molar-refractivity contribution is 14.0. The van der Waals surface area contributed by atoms with Crippen LogP contribution in [0.3, 0.4) is 0 Å². The van der Waals surface area contributed by atoms with Gasteiger partial charge in [-0.1, -0.05) is 0 Å². The number of likely N-dealkylation sites (tertiary alicyclic amines) is 1. The van der Waals surface area contributed by atoms with E-state index in [4.69, 9.17) is 9.73 Å². The average Bonchev–Trinajstić information content (AvgIpc) is 2.92. The minimum atomic E-state index is -0.241. The molecular formula is C17H30IN5O2S. The van der Waals surface area contributed by atoms with Gasteiger partial charge in [0.25, 0.3) is 0 Å². The van der Waals surface area contributed by atoms with Gasteiger partial charge in [-0.15, -0.1) is 35.3 Å². The van der Waals surface area contributed by atoms with Crippen molar-refractivity contribution in [2.45, 2.75) is 46.1 Å². The second kappa shape index (κ2) is 11.6. The van der Waals surface area contributed by atoms with Gasteiger partial charge in [0.05, 0.1) is 17.8 Å². The fourth-order valence-corrected chi connectivity index (χ4v) is 3.85. The number of aliphatic imine (C=N–C) groups is 1. The number of aromatic nitrogens is 1. The Morgan fingerprint density at radius 3 is 2.62 bits per heavy atom. The molecule has 0 radical (unpaired) electrons. The molecule has 0 saturated carbocycles. The molecular weight excluding hydrogens is 465 g/mol.